The van der Waals surface area contributed by atoms with Crippen LogP contribution in [0.5, 0.6) is 0 Å². The van der Waals surface area contributed by atoms with Gasteiger partial charge in [0.05, 0.1) is 36.9 Å². The molecule has 17 heterocycles. The molecule has 5 aliphatic rings. The zero-order valence-corrected chi connectivity index (χ0v) is 78.1. The van der Waals surface area contributed by atoms with Gasteiger partial charge in [-0.05, 0) is 256 Å². The predicted octanol–water partition coefficient (Wildman–Crippen LogP) is 26.7. The number of nitrogens with zero attached hydrogens (tertiary/aromatic N) is 18. The molecule has 24 rings (SSSR count). The van der Waals surface area contributed by atoms with E-state index in [9.17, 15) is 0 Å². The zero-order valence-electron chi connectivity index (χ0n) is 80.1. The van der Waals surface area contributed by atoms with Crippen LogP contribution >= 0.6 is 0 Å². The number of anilines is 11. The first-order chi connectivity index (χ1) is 64.4. The van der Waals surface area contributed by atoms with Crippen molar-refractivity contribution in [2.75, 3.05) is 41.3 Å². The highest BCUT2D eigenvalue weighted by atomic mass is 16.4. The quantitative estimate of drug-likeness (QED) is 0.132. The topological polar surface area (TPSA) is 201 Å². The SMILES string of the molecule is Cc1ccc2c(n1)oc1c(N3C=CN(C)C3C)c(C)ccc12.Cc1ccc2c(n1)oc1c(N3c4cccnc4N(c4ccccc4)C3C)c(C)ccc12.Cc1ccc2c(n1)oc1c(N3c4nccnc4N(c4ccccc4)C3C)c(C)ccc12.[2H]C(C)(C)N1C=CN(c2c(C)ccc3c2oc2nc(C)ccc23)C1C.[2H]C(C)(C)N1C=CN(c2c(C)ccc3c2oc2nc(C)ccc23)C1C. The fourth-order valence-corrected chi connectivity index (χ4v) is 19.4. The molecule has 0 spiro atoms. The van der Waals surface area contributed by atoms with Gasteiger partial charge in [-0.1, -0.05) is 97.1 Å². The smallest absolute Gasteiger partial charge is 0.227 e. The Morgan fingerprint density at radius 2 is 0.561 bits per heavy atom. The van der Waals surface area contributed by atoms with Gasteiger partial charge in [0.25, 0.3) is 0 Å². The summed E-state index contributed by atoms with van der Waals surface area (Å²) >= 11 is 0. The zero-order chi connectivity index (χ0) is 93.5. The first-order valence-electron chi connectivity index (χ1n) is 46.1. The summed E-state index contributed by atoms with van der Waals surface area (Å²) in [6, 6.07) is 65.3. The standard InChI is InChI=1S/C26H22N4O.C25H21N5O.2C20H23N3O.C18H19N3O/c1-16-11-13-20-21-14-12-17(2)28-26(21)31-24(20)23(16)30-18(3)29(19-8-5-4-6-9-19)25-22(30)10-7-15-27-25;1-15-9-11-19-20-12-10-16(2)28-25(20)31-22(19)21(15)30-17(3)29(18-7-5-4-6-8-18)23-24(30)27-14-13-26-23;2*1-12(2)22-10-11-23(15(22)5)18-13(3)6-8-16-17-9-7-14(4)21-20(17)24-19(16)18;1-11-5-7-14-15-8-6-12(2)19-18(15)22-17(14)16(11)21-10-9-20(4)13(21)3/h4-15,18H,1-3H3;4-14,17H,1-3H3;2*6-12,15H,1-5H3;5-10,13H,1-4H3/i;;2*12D;. The Kier molecular flexibility index (Phi) is 21.0. The Morgan fingerprint density at radius 1 is 0.273 bits per heavy atom. The van der Waals surface area contributed by atoms with Crippen LogP contribution in [0.3, 0.4) is 0 Å². The molecule has 7 aromatic carbocycles. The molecule has 0 radical (unpaired) electrons. The predicted molar refractivity (Wildman–Crippen MR) is 537 cm³/mol. The summed E-state index contributed by atoms with van der Waals surface area (Å²) in [5.74, 6) is 2.60. The van der Waals surface area contributed by atoms with Crippen LogP contribution in [-0.2, 0) is 0 Å². The van der Waals surface area contributed by atoms with E-state index in [2.05, 4.69) is 291 Å². The number of aryl methyl sites for hydroxylation is 10. The van der Waals surface area contributed by atoms with Crippen LogP contribution in [0.15, 0.2) is 272 Å². The Bertz CT molecular complexity index is 7540. The molecule has 0 aliphatic carbocycles. The summed E-state index contributed by atoms with van der Waals surface area (Å²) in [7, 11) is 2.08. The number of fused-ring (bicyclic) bond motifs is 17. The van der Waals surface area contributed by atoms with Crippen molar-refractivity contribution in [2.45, 2.75) is 174 Å². The third-order valence-corrected chi connectivity index (χ3v) is 26.2. The van der Waals surface area contributed by atoms with E-state index in [0.29, 0.717) is 28.6 Å². The molecular weight excluding hydrogens is 1640 g/mol. The van der Waals surface area contributed by atoms with Gasteiger partial charge in [0, 0.05) is 169 Å². The summed E-state index contributed by atoms with van der Waals surface area (Å²) in [5, 5.41) is 10.6. The molecule has 132 heavy (non-hydrogen) atoms. The lowest BCUT2D eigenvalue weighted by atomic mass is 10.1. The van der Waals surface area contributed by atoms with Crippen molar-refractivity contribution >= 4 is 173 Å². The van der Waals surface area contributed by atoms with E-state index >= 15 is 0 Å². The van der Waals surface area contributed by atoms with Crippen molar-refractivity contribution in [3.8, 4) is 0 Å². The van der Waals surface area contributed by atoms with Gasteiger partial charge in [0.1, 0.15) is 30.8 Å². The number of aromatic nitrogens is 8. The van der Waals surface area contributed by atoms with Crippen LogP contribution < -0.4 is 34.3 Å². The van der Waals surface area contributed by atoms with Crippen molar-refractivity contribution in [3.63, 3.8) is 0 Å². The van der Waals surface area contributed by atoms with Gasteiger partial charge in [0.15, 0.2) is 45.4 Å². The monoisotopic (exact) mass is 1750 g/mol. The molecule has 5 unspecified atom stereocenters. The molecule has 0 saturated heterocycles. The van der Waals surface area contributed by atoms with Crippen LogP contribution in [0, 0.1) is 69.2 Å². The second-order valence-corrected chi connectivity index (χ2v) is 35.4. The normalized spacial score (nSPS) is 17.3. The largest absolute Gasteiger partial charge is 0.435 e. The van der Waals surface area contributed by atoms with E-state index in [4.69, 9.17) is 34.8 Å². The number of furan rings is 5. The molecule has 19 aromatic rings. The average molecular weight is 1750 g/mol. The highest BCUT2D eigenvalue weighted by molar-refractivity contribution is 6.14. The van der Waals surface area contributed by atoms with Crippen LogP contribution in [0.25, 0.3) is 110 Å². The van der Waals surface area contributed by atoms with Gasteiger partial charge < -0.3 is 66.2 Å². The number of hydrogen-bond donors (Lipinski definition) is 0. The first kappa shape index (κ1) is 82.4. The third-order valence-electron chi connectivity index (χ3n) is 26.2. The number of pyridine rings is 6. The van der Waals surface area contributed by atoms with E-state index in [1.54, 1.807) is 12.4 Å². The Balaban J connectivity index is 0.000000105. The second-order valence-electron chi connectivity index (χ2n) is 35.4. The molecule has 0 fully saturated rings. The second kappa shape index (κ2) is 33.7. The summed E-state index contributed by atoms with van der Waals surface area (Å²) in [5.41, 5.74) is 26.8. The molecule has 0 amide bonds. The summed E-state index contributed by atoms with van der Waals surface area (Å²) < 4.78 is 47.9. The number of rotatable bonds is 9. The lowest BCUT2D eigenvalue weighted by molar-refractivity contribution is 0.263. The Morgan fingerprint density at radius 3 is 0.894 bits per heavy atom. The molecule has 0 N–H and O–H groups in total. The summed E-state index contributed by atoms with van der Waals surface area (Å²) in [6.45, 7) is 38.8. The first-order valence-corrected chi connectivity index (χ1v) is 45.1. The maximum absolute atomic E-state index is 8.35. The molecule has 0 saturated carbocycles. The van der Waals surface area contributed by atoms with Gasteiger partial charge in [-0.25, -0.2) is 39.9 Å². The van der Waals surface area contributed by atoms with E-state index < -0.39 is 12.0 Å². The molecule has 664 valence electrons. The highest BCUT2D eigenvalue weighted by Gasteiger charge is 2.42. The summed E-state index contributed by atoms with van der Waals surface area (Å²) in [6.07, 6.45) is 17.9. The molecular formula is C109H108N18O5. The van der Waals surface area contributed by atoms with Crippen LogP contribution in [0.1, 0.15) is 121 Å². The van der Waals surface area contributed by atoms with E-state index in [-0.39, 0.29) is 30.8 Å². The molecule has 12 aromatic heterocycles. The van der Waals surface area contributed by atoms with Crippen LogP contribution in [0.2, 0.25) is 0 Å². The minimum atomic E-state index is -0.682. The fraction of sp³-hybridized carbons (Fsp3) is 0.248. The summed E-state index contributed by atoms with van der Waals surface area (Å²) in [4.78, 5) is 58.9. The van der Waals surface area contributed by atoms with Crippen molar-refractivity contribution < 1.29 is 24.8 Å². The van der Waals surface area contributed by atoms with E-state index in [0.717, 1.165) is 195 Å². The fourth-order valence-electron chi connectivity index (χ4n) is 19.4. The minimum Gasteiger partial charge on any atom is -0.435 e. The van der Waals surface area contributed by atoms with Crippen molar-refractivity contribution in [1.29, 1.82) is 0 Å². The highest BCUT2D eigenvalue weighted by Crippen LogP contribution is 2.53. The molecule has 5 aliphatic heterocycles. The maximum Gasteiger partial charge on any atom is 0.227 e. The number of para-hydroxylation sites is 2. The molecule has 5 atom stereocenters. The van der Waals surface area contributed by atoms with Crippen molar-refractivity contribution in [1.82, 2.24) is 54.6 Å². The molecule has 23 heteroatoms. The van der Waals surface area contributed by atoms with Crippen molar-refractivity contribution in [3.05, 3.63) is 306 Å². The molecule has 23 nitrogen and oxygen atoms in total. The Labute approximate surface area is 770 Å². The van der Waals surface area contributed by atoms with Gasteiger partial charge in [0.2, 0.25) is 28.6 Å². The lowest BCUT2D eigenvalue weighted by Gasteiger charge is -2.33. The third kappa shape index (κ3) is 14.5. The number of benzene rings is 7. The van der Waals surface area contributed by atoms with Crippen LogP contribution in [-0.4, -0.2) is 104 Å². The maximum atomic E-state index is 8.35. The van der Waals surface area contributed by atoms with E-state index in [1.807, 2.05) is 164 Å². The molecule has 0 bridgehead atoms. The van der Waals surface area contributed by atoms with E-state index in [1.165, 1.54) is 5.56 Å². The van der Waals surface area contributed by atoms with Crippen molar-refractivity contribution in [2.24, 2.45) is 0 Å². The number of hydrogen-bond acceptors (Lipinski definition) is 23. The average Bonchev–Trinajstić information content (AvgIpc) is 1.60. The Hall–Kier alpha value is -15.3. The van der Waals surface area contributed by atoms with Gasteiger partial charge in [-0.2, -0.15) is 0 Å². The minimum absolute atomic E-state index is 0.0273. The van der Waals surface area contributed by atoms with Gasteiger partial charge in [-0.15, -0.1) is 0 Å². The van der Waals surface area contributed by atoms with Gasteiger partial charge >= 0.3 is 0 Å². The van der Waals surface area contributed by atoms with Gasteiger partial charge in [-0.3, -0.25) is 4.90 Å². The van der Waals surface area contributed by atoms with Crippen LogP contribution in [0.4, 0.5) is 63.0 Å². The lowest BCUT2D eigenvalue weighted by Crippen LogP contribution is -2.39.